The molecule has 24 heavy (non-hydrogen) atoms. The van der Waals surface area contributed by atoms with Crippen LogP contribution in [0, 0.1) is 0 Å². The van der Waals surface area contributed by atoms with Crippen LogP contribution in [0.2, 0.25) is 5.02 Å². The summed E-state index contributed by atoms with van der Waals surface area (Å²) in [6, 6.07) is 10.4. The number of rotatable bonds is 5. The van der Waals surface area contributed by atoms with Crippen LogP contribution in [0.4, 0.5) is 0 Å². The quantitative estimate of drug-likeness (QED) is 0.486. The molecule has 0 saturated heterocycles. The van der Waals surface area contributed by atoms with Gasteiger partial charge in [-0.05, 0) is 24.3 Å². The van der Waals surface area contributed by atoms with Crippen molar-refractivity contribution in [1.82, 2.24) is 10.7 Å². The van der Waals surface area contributed by atoms with Crippen LogP contribution in [0.15, 0.2) is 47.6 Å². The first kappa shape index (κ1) is 17.3. The van der Waals surface area contributed by atoms with E-state index in [1.807, 2.05) is 0 Å². The number of aromatic hydroxyl groups is 2. The summed E-state index contributed by atoms with van der Waals surface area (Å²) in [6.07, 6.45) is 1.21. The minimum Gasteiger partial charge on any atom is -0.508 e. The molecule has 8 heteroatoms. The van der Waals surface area contributed by atoms with Gasteiger partial charge in [0, 0.05) is 11.6 Å². The van der Waals surface area contributed by atoms with E-state index in [0.29, 0.717) is 5.56 Å². The summed E-state index contributed by atoms with van der Waals surface area (Å²) in [5.74, 6) is -1.29. The first-order valence-corrected chi connectivity index (χ1v) is 7.22. The topological polar surface area (TPSA) is 111 Å². The van der Waals surface area contributed by atoms with Gasteiger partial charge in [0.1, 0.15) is 11.5 Å². The Labute approximate surface area is 142 Å². The summed E-state index contributed by atoms with van der Waals surface area (Å²) in [7, 11) is 0. The summed E-state index contributed by atoms with van der Waals surface area (Å²) in [5.41, 5.74) is 2.78. The first-order chi connectivity index (χ1) is 11.5. The fraction of sp³-hybridized carbons (Fsp3) is 0.0625. The third kappa shape index (κ3) is 4.72. The summed E-state index contributed by atoms with van der Waals surface area (Å²) >= 11 is 5.89. The van der Waals surface area contributed by atoms with Gasteiger partial charge in [-0.25, -0.2) is 5.43 Å². The largest absolute Gasteiger partial charge is 0.508 e. The molecule has 0 aliphatic rings. The number of nitrogens with one attached hydrogen (secondary N) is 2. The average molecular weight is 348 g/mol. The third-order valence-corrected chi connectivity index (χ3v) is 3.26. The van der Waals surface area contributed by atoms with Gasteiger partial charge in [0.15, 0.2) is 0 Å². The van der Waals surface area contributed by atoms with Crippen LogP contribution in [0.25, 0.3) is 0 Å². The van der Waals surface area contributed by atoms with Gasteiger partial charge >= 0.3 is 0 Å². The van der Waals surface area contributed by atoms with Crippen LogP contribution in [-0.4, -0.2) is 34.8 Å². The van der Waals surface area contributed by atoms with Gasteiger partial charge in [-0.15, -0.1) is 0 Å². The van der Waals surface area contributed by atoms with Gasteiger partial charge in [0.25, 0.3) is 11.8 Å². The Kier molecular flexibility index (Phi) is 5.75. The number of carbonyl (C=O) groups excluding carboxylic acids is 2. The molecule has 124 valence electrons. The Bertz CT molecular complexity index is 793. The Morgan fingerprint density at radius 2 is 1.92 bits per heavy atom. The number of benzene rings is 2. The molecule has 0 spiro atoms. The van der Waals surface area contributed by atoms with Crippen molar-refractivity contribution >= 4 is 29.6 Å². The highest BCUT2D eigenvalue weighted by molar-refractivity contribution is 6.33. The maximum atomic E-state index is 11.9. The van der Waals surface area contributed by atoms with Crippen molar-refractivity contribution in [3.63, 3.8) is 0 Å². The van der Waals surface area contributed by atoms with E-state index in [9.17, 15) is 14.7 Å². The maximum absolute atomic E-state index is 11.9. The summed E-state index contributed by atoms with van der Waals surface area (Å²) in [5, 5.41) is 25.1. The number of carbonyl (C=O) groups is 2. The van der Waals surface area contributed by atoms with Crippen molar-refractivity contribution < 1.29 is 19.8 Å². The standard InChI is InChI=1S/C16H14ClN3O4/c17-13-4-2-1-3-12(13)16(24)18-9-15(23)20-19-8-10-5-6-11(21)7-14(10)22/h1-8,21-22H,9H2,(H,18,24)(H,20,23)/b19-8+. The van der Waals surface area contributed by atoms with E-state index < -0.39 is 11.8 Å². The van der Waals surface area contributed by atoms with Crippen molar-refractivity contribution in [2.24, 2.45) is 5.10 Å². The number of hydrazone groups is 1. The average Bonchev–Trinajstić information content (AvgIpc) is 2.55. The third-order valence-electron chi connectivity index (χ3n) is 2.93. The Morgan fingerprint density at radius 3 is 2.62 bits per heavy atom. The monoisotopic (exact) mass is 347 g/mol. The highest BCUT2D eigenvalue weighted by atomic mass is 35.5. The molecule has 0 aliphatic heterocycles. The van der Waals surface area contributed by atoms with E-state index in [2.05, 4.69) is 15.8 Å². The van der Waals surface area contributed by atoms with Crippen molar-refractivity contribution in [2.45, 2.75) is 0 Å². The Morgan fingerprint density at radius 1 is 1.17 bits per heavy atom. The van der Waals surface area contributed by atoms with Crippen LogP contribution in [0.3, 0.4) is 0 Å². The molecule has 4 N–H and O–H groups in total. The second-order valence-electron chi connectivity index (χ2n) is 4.70. The van der Waals surface area contributed by atoms with Crippen molar-refractivity contribution in [2.75, 3.05) is 6.54 Å². The fourth-order valence-corrected chi connectivity index (χ4v) is 1.98. The molecular formula is C16H14ClN3O4. The number of hydrogen-bond acceptors (Lipinski definition) is 5. The minimum atomic E-state index is -0.551. The Balaban J connectivity index is 1.84. The summed E-state index contributed by atoms with van der Waals surface area (Å²) in [6.45, 7) is -0.289. The number of halogens is 1. The number of hydrogen-bond donors (Lipinski definition) is 4. The molecule has 2 rings (SSSR count). The SMILES string of the molecule is O=C(CNC(=O)c1ccccc1Cl)N/N=C/c1ccc(O)cc1O. The van der Waals surface area contributed by atoms with Crippen LogP contribution in [0.1, 0.15) is 15.9 Å². The van der Waals surface area contributed by atoms with Gasteiger partial charge in [-0.2, -0.15) is 5.10 Å². The van der Waals surface area contributed by atoms with E-state index in [0.717, 1.165) is 6.07 Å². The maximum Gasteiger partial charge on any atom is 0.259 e. The lowest BCUT2D eigenvalue weighted by atomic mass is 10.2. The zero-order valence-electron chi connectivity index (χ0n) is 12.4. The smallest absolute Gasteiger partial charge is 0.259 e. The molecule has 7 nitrogen and oxygen atoms in total. The number of nitrogens with zero attached hydrogens (tertiary/aromatic N) is 1. The van der Waals surface area contributed by atoms with Crippen molar-refractivity contribution in [3.05, 3.63) is 58.6 Å². The van der Waals surface area contributed by atoms with Gasteiger partial charge in [0.2, 0.25) is 0 Å². The van der Waals surface area contributed by atoms with Crippen LogP contribution < -0.4 is 10.7 Å². The predicted molar refractivity (Wildman–Crippen MR) is 89.3 cm³/mol. The lowest BCUT2D eigenvalue weighted by Crippen LogP contribution is -2.35. The van der Waals surface area contributed by atoms with E-state index in [-0.39, 0.29) is 28.6 Å². The van der Waals surface area contributed by atoms with Gasteiger partial charge in [0.05, 0.1) is 23.3 Å². The molecule has 0 radical (unpaired) electrons. The summed E-state index contributed by atoms with van der Waals surface area (Å²) in [4.78, 5) is 23.5. The molecule has 2 aromatic carbocycles. The minimum absolute atomic E-state index is 0.0871. The van der Waals surface area contributed by atoms with Crippen LogP contribution in [0.5, 0.6) is 11.5 Å². The second kappa shape index (κ2) is 7.98. The van der Waals surface area contributed by atoms with Crippen LogP contribution in [-0.2, 0) is 4.79 Å². The second-order valence-corrected chi connectivity index (χ2v) is 5.11. The lowest BCUT2D eigenvalue weighted by Gasteiger charge is -2.05. The van der Waals surface area contributed by atoms with Gasteiger partial charge in [-0.1, -0.05) is 23.7 Å². The van der Waals surface area contributed by atoms with Crippen LogP contribution >= 0.6 is 11.6 Å². The zero-order chi connectivity index (χ0) is 17.5. The Hall–Kier alpha value is -3.06. The number of phenols is 2. The van der Waals surface area contributed by atoms with Gasteiger partial charge in [-0.3, -0.25) is 9.59 Å². The normalized spacial score (nSPS) is 10.5. The fourth-order valence-electron chi connectivity index (χ4n) is 1.76. The molecule has 0 saturated carbocycles. The van der Waals surface area contributed by atoms with E-state index in [1.54, 1.807) is 24.3 Å². The molecule has 0 bridgehead atoms. The molecule has 0 aliphatic carbocycles. The molecule has 0 heterocycles. The van der Waals surface area contributed by atoms with Crippen molar-refractivity contribution in [3.8, 4) is 11.5 Å². The first-order valence-electron chi connectivity index (χ1n) is 6.84. The van der Waals surface area contributed by atoms with E-state index in [4.69, 9.17) is 16.7 Å². The highest BCUT2D eigenvalue weighted by Gasteiger charge is 2.10. The van der Waals surface area contributed by atoms with E-state index in [1.165, 1.54) is 18.3 Å². The zero-order valence-corrected chi connectivity index (χ0v) is 13.1. The lowest BCUT2D eigenvalue weighted by molar-refractivity contribution is -0.120. The van der Waals surface area contributed by atoms with Crippen molar-refractivity contribution in [1.29, 1.82) is 0 Å². The van der Waals surface area contributed by atoms with E-state index >= 15 is 0 Å². The number of amides is 2. The summed E-state index contributed by atoms with van der Waals surface area (Å²) < 4.78 is 0. The molecule has 0 atom stereocenters. The van der Waals surface area contributed by atoms with Gasteiger partial charge < -0.3 is 15.5 Å². The predicted octanol–water partition coefficient (Wildman–Crippen LogP) is 1.63. The molecule has 0 unspecified atom stereocenters. The molecule has 2 amide bonds. The molecular weight excluding hydrogens is 334 g/mol. The highest BCUT2D eigenvalue weighted by Crippen LogP contribution is 2.20. The number of phenolic OH excluding ortho intramolecular Hbond substituents is 2. The molecule has 0 aromatic heterocycles. The molecule has 2 aromatic rings. The molecule has 0 fully saturated rings.